The van der Waals surface area contributed by atoms with E-state index in [-0.39, 0.29) is 0 Å². The fourth-order valence-corrected chi connectivity index (χ4v) is 3.33. The number of hydrogen-bond acceptors (Lipinski definition) is 1. The highest BCUT2D eigenvalue weighted by molar-refractivity contribution is 5.40. The van der Waals surface area contributed by atoms with Crippen molar-refractivity contribution in [2.45, 2.75) is 25.7 Å². The summed E-state index contributed by atoms with van der Waals surface area (Å²) in [5, 5.41) is 0. The molecule has 18 heavy (non-hydrogen) atoms. The van der Waals surface area contributed by atoms with E-state index in [4.69, 9.17) is 5.73 Å². The number of hydrogen-bond donors (Lipinski definition) is 1. The number of likely N-dealkylation sites (tertiary alicyclic amines) is 1. The largest absolute Gasteiger partial charge is 0.399 e. The molecule has 2 atom stereocenters. The molecular weight excluding hydrogens is 220 g/mol. The Morgan fingerprint density at radius 1 is 1.39 bits per heavy atom. The number of rotatable bonds is 5. The first-order chi connectivity index (χ1) is 8.69. The molecule has 0 spiro atoms. The van der Waals surface area contributed by atoms with Gasteiger partial charge in [0.25, 0.3) is 0 Å². The predicted octanol–water partition coefficient (Wildman–Crippen LogP) is 3.17. The average molecular weight is 245 g/mol. The van der Waals surface area contributed by atoms with Gasteiger partial charge in [-0.2, -0.15) is 0 Å². The van der Waals surface area contributed by atoms with Gasteiger partial charge in [0.05, 0.1) is 26.2 Å². The SMILES string of the molecule is C=CC[N@+]1(CCC)CCC(c2ccc(N)cc2)C1. The van der Waals surface area contributed by atoms with Crippen molar-refractivity contribution in [1.82, 2.24) is 0 Å². The van der Waals surface area contributed by atoms with E-state index in [0.29, 0.717) is 5.92 Å². The minimum Gasteiger partial charge on any atom is -0.399 e. The second kappa shape index (κ2) is 5.57. The van der Waals surface area contributed by atoms with Crippen molar-refractivity contribution in [2.24, 2.45) is 0 Å². The molecule has 98 valence electrons. The lowest BCUT2D eigenvalue weighted by Crippen LogP contribution is -2.46. The molecule has 2 heteroatoms. The van der Waals surface area contributed by atoms with Crippen LogP contribution in [0.4, 0.5) is 5.69 Å². The monoisotopic (exact) mass is 245 g/mol. The second-order valence-electron chi connectivity index (χ2n) is 5.59. The number of quaternary nitrogens is 1. The van der Waals surface area contributed by atoms with E-state index in [0.717, 1.165) is 12.2 Å². The Kier molecular flexibility index (Phi) is 4.07. The zero-order chi connectivity index (χ0) is 13.0. The average Bonchev–Trinajstić information content (AvgIpc) is 2.75. The van der Waals surface area contributed by atoms with Gasteiger partial charge in [0.15, 0.2) is 0 Å². The third kappa shape index (κ3) is 2.75. The van der Waals surface area contributed by atoms with Crippen LogP contribution in [-0.2, 0) is 0 Å². The lowest BCUT2D eigenvalue weighted by Gasteiger charge is -2.33. The van der Waals surface area contributed by atoms with Crippen molar-refractivity contribution in [3.05, 3.63) is 42.5 Å². The summed E-state index contributed by atoms with van der Waals surface area (Å²) in [6, 6.07) is 8.44. The number of nitrogen functional groups attached to an aromatic ring is 1. The summed E-state index contributed by atoms with van der Waals surface area (Å²) in [6.45, 7) is 11.1. The van der Waals surface area contributed by atoms with Gasteiger partial charge in [0, 0.05) is 18.0 Å². The summed E-state index contributed by atoms with van der Waals surface area (Å²) < 4.78 is 1.22. The molecule has 1 saturated heterocycles. The molecule has 0 aromatic heterocycles. The molecule has 0 radical (unpaired) electrons. The summed E-state index contributed by atoms with van der Waals surface area (Å²) in [5.74, 6) is 0.692. The van der Waals surface area contributed by atoms with Crippen molar-refractivity contribution in [1.29, 1.82) is 0 Å². The van der Waals surface area contributed by atoms with E-state index in [1.807, 2.05) is 12.1 Å². The number of benzene rings is 1. The molecule has 1 fully saturated rings. The molecule has 2 nitrogen and oxygen atoms in total. The molecule has 0 saturated carbocycles. The van der Waals surface area contributed by atoms with Gasteiger partial charge >= 0.3 is 0 Å². The lowest BCUT2D eigenvalue weighted by atomic mass is 9.98. The number of anilines is 1. The summed E-state index contributed by atoms with van der Waals surface area (Å²) in [4.78, 5) is 0. The Bertz CT molecular complexity index is 396. The first kappa shape index (κ1) is 13.2. The summed E-state index contributed by atoms with van der Waals surface area (Å²) in [5.41, 5.74) is 8.06. The zero-order valence-electron chi connectivity index (χ0n) is 11.4. The smallest absolute Gasteiger partial charge is 0.0971 e. The minimum absolute atomic E-state index is 0.692. The van der Waals surface area contributed by atoms with E-state index < -0.39 is 0 Å². The molecule has 1 aromatic rings. The number of nitrogens with zero attached hydrogens (tertiary/aromatic N) is 1. The highest BCUT2D eigenvalue weighted by atomic mass is 15.4. The first-order valence-electron chi connectivity index (χ1n) is 7.00. The van der Waals surface area contributed by atoms with E-state index in [1.165, 1.54) is 42.5 Å². The third-order valence-electron chi connectivity index (χ3n) is 4.18. The Morgan fingerprint density at radius 3 is 2.72 bits per heavy atom. The maximum Gasteiger partial charge on any atom is 0.0971 e. The van der Waals surface area contributed by atoms with Gasteiger partial charge in [0.2, 0.25) is 0 Å². The Labute approximate surface area is 111 Å². The van der Waals surface area contributed by atoms with Gasteiger partial charge in [-0.1, -0.05) is 25.6 Å². The van der Waals surface area contributed by atoms with Gasteiger partial charge in [0.1, 0.15) is 0 Å². The van der Waals surface area contributed by atoms with Gasteiger partial charge in [-0.3, -0.25) is 0 Å². The summed E-state index contributed by atoms with van der Waals surface area (Å²) in [7, 11) is 0. The zero-order valence-corrected chi connectivity index (χ0v) is 11.4. The van der Waals surface area contributed by atoms with E-state index in [2.05, 4.69) is 31.7 Å². The van der Waals surface area contributed by atoms with Crippen molar-refractivity contribution < 1.29 is 4.48 Å². The van der Waals surface area contributed by atoms with E-state index in [1.54, 1.807) is 0 Å². The van der Waals surface area contributed by atoms with Gasteiger partial charge < -0.3 is 10.2 Å². The highest BCUT2D eigenvalue weighted by Crippen LogP contribution is 2.33. The van der Waals surface area contributed by atoms with E-state index >= 15 is 0 Å². The standard InChI is InChI=1S/C16H25N2/c1-3-10-18(11-4-2)12-9-15(13-18)14-5-7-16(17)8-6-14/h3,5-8,15H,1,4,9-13,17H2,2H3/q+1/t15?,18-/m0/s1. The summed E-state index contributed by atoms with van der Waals surface area (Å²) >= 11 is 0. The summed E-state index contributed by atoms with van der Waals surface area (Å²) in [6.07, 6.45) is 4.63. The molecule has 2 N–H and O–H groups in total. The van der Waals surface area contributed by atoms with Crippen LogP contribution >= 0.6 is 0 Å². The van der Waals surface area contributed by atoms with Crippen molar-refractivity contribution in [3.8, 4) is 0 Å². The maximum absolute atomic E-state index is 5.76. The topological polar surface area (TPSA) is 26.0 Å². The molecule has 0 bridgehead atoms. The maximum atomic E-state index is 5.76. The molecule has 1 unspecified atom stereocenters. The molecule has 1 aliphatic heterocycles. The highest BCUT2D eigenvalue weighted by Gasteiger charge is 2.37. The Balaban J connectivity index is 2.10. The minimum atomic E-state index is 0.692. The van der Waals surface area contributed by atoms with Crippen LogP contribution in [0.2, 0.25) is 0 Å². The van der Waals surface area contributed by atoms with Gasteiger partial charge in [-0.25, -0.2) is 0 Å². The fourth-order valence-electron chi connectivity index (χ4n) is 3.33. The van der Waals surface area contributed by atoms with Crippen molar-refractivity contribution in [3.63, 3.8) is 0 Å². The molecule has 0 amide bonds. The predicted molar refractivity (Wildman–Crippen MR) is 78.4 cm³/mol. The molecule has 1 aliphatic rings. The van der Waals surface area contributed by atoms with Crippen LogP contribution in [0.5, 0.6) is 0 Å². The molecule has 0 aliphatic carbocycles. The Hall–Kier alpha value is -1.28. The van der Waals surface area contributed by atoms with Crippen LogP contribution in [0, 0.1) is 0 Å². The normalized spacial score (nSPS) is 27.3. The van der Waals surface area contributed by atoms with Gasteiger partial charge in [-0.05, 0) is 30.2 Å². The molecule has 1 heterocycles. The molecule has 1 aromatic carbocycles. The van der Waals surface area contributed by atoms with Crippen LogP contribution in [0.25, 0.3) is 0 Å². The fraction of sp³-hybridized carbons (Fsp3) is 0.500. The first-order valence-corrected chi connectivity index (χ1v) is 7.00. The van der Waals surface area contributed by atoms with Gasteiger partial charge in [-0.15, -0.1) is 0 Å². The second-order valence-corrected chi connectivity index (χ2v) is 5.59. The van der Waals surface area contributed by atoms with E-state index in [9.17, 15) is 0 Å². The lowest BCUT2D eigenvalue weighted by molar-refractivity contribution is -0.911. The van der Waals surface area contributed by atoms with Crippen LogP contribution in [0.15, 0.2) is 36.9 Å². The van der Waals surface area contributed by atoms with Crippen molar-refractivity contribution in [2.75, 3.05) is 31.9 Å². The van der Waals surface area contributed by atoms with Crippen LogP contribution < -0.4 is 5.73 Å². The van der Waals surface area contributed by atoms with Crippen LogP contribution in [0.1, 0.15) is 31.2 Å². The quantitative estimate of drug-likeness (QED) is 0.481. The molecule has 2 rings (SSSR count). The third-order valence-corrected chi connectivity index (χ3v) is 4.18. The van der Waals surface area contributed by atoms with Crippen LogP contribution in [0.3, 0.4) is 0 Å². The molecular formula is C16H25N2+. The van der Waals surface area contributed by atoms with Crippen molar-refractivity contribution >= 4 is 5.69 Å². The van der Waals surface area contributed by atoms with Crippen LogP contribution in [-0.4, -0.2) is 30.7 Å². The number of nitrogens with two attached hydrogens (primary N) is 1. The Morgan fingerprint density at radius 2 is 2.11 bits per heavy atom.